The molecule has 9 nitrogen and oxygen atoms in total. The molecule has 0 unspecified atom stereocenters. The molecule has 2 aromatic rings. The molecule has 1 aliphatic carbocycles. The molecule has 10 heteroatoms. The lowest BCUT2D eigenvalue weighted by atomic mass is 9.98. The van der Waals surface area contributed by atoms with E-state index in [1.54, 1.807) is 0 Å². The van der Waals surface area contributed by atoms with Crippen molar-refractivity contribution < 1.29 is 36.6 Å². The number of carbonyl (C=O) groups is 2. The average Bonchev–Trinajstić information content (AvgIpc) is 2.96. The first-order chi connectivity index (χ1) is 13.7. The lowest BCUT2D eigenvalue weighted by molar-refractivity contribution is -0.141. The molecule has 2 aromatic carbocycles. The van der Waals surface area contributed by atoms with Crippen molar-refractivity contribution in [3.8, 4) is 11.1 Å². The third-order valence-corrected chi connectivity index (χ3v) is 5.16. The molecular formula is C19H18NO8S-. The summed E-state index contributed by atoms with van der Waals surface area (Å²) in [7, 11) is -5.14. The molecule has 1 amide bonds. The van der Waals surface area contributed by atoms with E-state index in [0.717, 1.165) is 29.2 Å². The second kappa shape index (κ2) is 8.19. The number of ether oxygens (including phenoxy) is 1. The first-order valence-electron chi connectivity index (χ1n) is 8.66. The average molecular weight is 420 g/mol. The number of aliphatic carboxylic acids is 1. The van der Waals surface area contributed by atoms with Crippen molar-refractivity contribution in [2.24, 2.45) is 0 Å². The Morgan fingerprint density at radius 3 is 2.10 bits per heavy atom. The van der Waals surface area contributed by atoms with Crippen molar-refractivity contribution in [2.75, 3.05) is 6.61 Å². The van der Waals surface area contributed by atoms with Gasteiger partial charge >= 0.3 is 12.1 Å². The smallest absolute Gasteiger partial charge is 0.407 e. The number of rotatable bonds is 7. The molecule has 0 spiro atoms. The molecule has 0 fully saturated rings. The van der Waals surface area contributed by atoms with Gasteiger partial charge in [0.05, 0.1) is 0 Å². The van der Waals surface area contributed by atoms with Crippen molar-refractivity contribution >= 4 is 22.5 Å². The van der Waals surface area contributed by atoms with Crippen LogP contribution in [0.15, 0.2) is 48.5 Å². The Kier molecular flexibility index (Phi) is 5.87. The molecular weight excluding hydrogens is 402 g/mol. The Morgan fingerprint density at radius 1 is 1.10 bits per heavy atom. The van der Waals surface area contributed by atoms with Crippen LogP contribution in [0.5, 0.6) is 0 Å². The van der Waals surface area contributed by atoms with Gasteiger partial charge in [0.15, 0.2) is 6.04 Å². The molecule has 0 saturated heterocycles. The quantitative estimate of drug-likeness (QED) is 0.510. The monoisotopic (exact) mass is 420 g/mol. The Balaban J connectivity index is 1.70. The van der Waals surface area contributed by atoms with Gasteiger partial charge in [-0.2, -0.15) is 0 Å². The highest BCUT2D eigenvalue weighted by Crippen LogP contribution is 2.44. The van der Waals surface area contributed by atoms with E-state index in [1.165, 1.54) is 0 Å². The summed E-state index contributed by atoms with van der Waals surface area (Å²) in [6.45, 7) is 0.985. The normalized spacial score (nSPS) is 15.1. The first-order valence-corrected chi connectivity index (χ1v) is 9.99. The van der Waals surface area contributed by atoms with Gasteiger partial charge in [-0.15, -0.1) is 0 Å². The van der Waals surface area contributed by atoms with E-state index >= 15 is 0 Å². The number of carboxylic acids is 1. The number of hydrogen-bond acceptors (Lipinski definition) is 7. The minimum Gasteiger partial charge on any atom is -0.726 e. The van der Waals surface area contributed by atoms with Crippen LogP contribution in [0.2, 0.25) is 0 Å². The summed E-state index contributed by atoms with van der Waals surface area (Å²) in [6.07, 6.45) is -2.69. The van der Waals surface area contributed by atoms with Crippen LogP contribution in [-0.2, 0) is 24.1 Å². The zero-order chi connectivity index (χ0) is 21.2. The van der Waals surface area contributed by atoms with Crippen LogP contribution in [0.25, 0.3) is 11.1 Å². The zero-order valence-corrected chi connectivity index (χ0v) is 16.1. The van der Waals surface area contributed by atoms with E-state index in [-0.39, 0.29) is 12.5 Å². The number of fused-ring (bicyclic) bond motifs is 3. The molecule has 0 radical (unpaired) electrons. The van der Waals surface area contributed by atoms with E-state index in [1.807, 2.05) is 53.8 Å². The highest BCUT2D eigenvalue weighted by atomic mass is 32.3. The number of nitrogens with one attached hydrogen (secondary N) is 1. The molecule has 29 heavy (non-hydrogen) atoms. The van der Waals surface area contributed by atoms with E-state index in [4.69, 9.17) is 4.74 Å². The third-order valence-electron chi connectivity index (χ3n) is 4.62. The molecule has 154 valence electrons. The summed E-state index contributed by atoms with van der Waals surface area (Å²) in [4.78, 5) is 23.4. The summed E-state index contributed by atoms with van der Waals surface area (Å²) in [5.74, 6) is -1.80. The van der Waals surface area contributed by atoms with Crippen LogP contribution in [0.1, 0.15) is 24.0 Å². The highest BCUT2D eigenvalue weighted by Gasteiger charge is 2.32. The maximum Gasteiger partial charge on any atom is 0.407 e. The minimum absolute atomic E-state index is 0.0543. The van der Waals surface area contributed by atoms with Crippen LogP contribution in [0, 0.1) is 0 Å². The fourth-order valence-electron chi connectivity index (χ4n) is 3.39. The first kappa shape index (κ1) is 20.8. The fraction of sp³-hybridized carbons (Fsp3) is 0.263. The second-order valence-electron chi connectivity index (χ2n) is 6.50. The lowest BCUT2D eigenvalue weighted by Gasteiger charge is -2.22. The Morgan fingerprint density at radius 2 is 1.62 bits per heavy atom. The highest BCUT2D eigenvalue weighted by molar-refractivity contribution is 7.80. The Labute approximate surface area is 167 Å². The van der Waals surface area contributed by atoms with Crippen molar-refractivity contribution in [2.45, 2.75) is 25.0 Å². The second-order valence-corrected chi connectivity index (χ2v) is 7.50. The number of carboxylic acid groups (broad SMARTS) is 1. The summed E-state index contributed by atoms with van der Waals surface area (Å²) < 4.78 is 41.3. The topological polar surface area (TPSA) is 142 Å². The van der Waals surface area contributed by atoms with E-state index in [2.05, 4.69) is 4.18 Å². The fourth-order valence-corrected chi connectivity index (χ4v) is 3.87. The maximum atomic E-state index is 12.1. The van der Waals surface area contributed by atoms with Crippen LogP contribution in [-0.4, -0.2) is 48.9 Å². The molecule has 1 aliphatic rings. The van der Waals surface area contributed by atoms with Crippen molar-refractivity contribution in [1.29, 1.82) is 0 Å². The third kappa shape index (κ3) is 4.73. The number of benzene rings is 2. The van der Waals surface area contributed by atoms with Crippen molar-refractivity contribution in [3.63, 3.8) is 0 Å². The van der Waals surface area contributed by atoms with Crippen LogP contribution in [0.4, 0.5) is 4.79 Å². The number of hydrogen-bond donors (Lipinski definition) is 2. The minimum atomic E-state index is -5.14. The summed E-state index contributed by atoms with van der Waals surface area (Å²) in [5, 5.41) is 11.2. The van der Waals surface area contributed by atoms with Crippen molar-refractivity contribution in [1.82, 2.24) is 5.32 Å². The molecule has 0 aliphatic heterocycles. The van der Waals surface area contributed by atoms with Gasteiger partial charge in [-0.05, 0) is 29.2 Å². The molecule has 3 rings (SSSR count). The Bertz CT molecular complexity index is 991. The maximum absolute atomic E-state index is 12.1. The number of carbonyl (C=O) groups excluding carboxylic acids is 1. The zero-order valence-electron chi connectivity index (χ0n) is 15.3. The number of alkyl carbamates (subject to hydrolysis) is 1. The van der Waals surface area contributed by atoms with E-state index in [9.17, 15) is 27.7 Å². The van der Waals surface area contributed by atoms with Gasteiger partial charge in [-0.25, -0.2) is 18.0 Å². The lowest BCUT2D eigenvalue weighted by Crippen LogP contribution is -2.49. The molecule has 2 N–H and O–H groups in total. The standard InChI is InChI=1S/C19H19NO8S/c1-11(28-29(24,25)26)17(18(21)22)20-19(23)27-10-16-14-8-4-2-6-12(14)13-7-3-5-9-15(13)16/h2-9,11,16-17H,10H2,1H3,(H,20,23)(H,21,22)(H,24,25,26)/p-1/t11-,17+/m1/s1. The summed E-state index contributed by atoms with van der Waals surface area (Å²) in [5.41, 5.74) is 4.02. The molecule has 2 atom stereocenters. The van der Waals surface area contributed by atoms with Crippen LogP contribution in [0.3, 0.4) is 0 Å². The van der Waals surface area contributed by atoms with Crippen LogP contribution < -0.4 is 5.32 Å². The van der Waals surface area contributed by atoms with Gasteiger partial charge in [0.25, 0.3) is 0 Å². The van der Waals surface area contributed by atoms with Gasteiger partial charge in [0.1, 0.15) is 12.7 Å². The van der Waals surface area contributed by atoms with Gasteiger partial charge in [0, 0.05) is 5.92 Å². The molecule has 0 aromatic heterocycles. The predicted octanol–water partition coefficient (Wildman–Crippen LogP) is 1.84. The molecule has 0 saturated carbocycles. The summed E-state index contributed by atoms with van der Waals surface area (Å²) >= 11 is 0. The molecule has 0 heterocycles. The van der Waals surface area contributed by atoms with E-state index in [0.29, 0.717) is 0 Å². The van der Waals surface area contributed by atoms with Gasteiger partial charge < -0.3 is 19.7 Å². The Hall–Kier alpha value is -2.95. The van der Waals surface area contributed by atoms with Crippen LogP contribution >= 0.6 is 0 Å². The SMILES string of the molecule is C[C@@H](OS(=O)(=O)[O-])[C@H](NC(=O)OCC1c2ccccc2-c2ccccc21)C(=O)O. The van der Waals surface area contributed by atoms with Gasteiger partial charge in [-0.1, -0.05) is 48.5 Å². The largest absolute Gasteiger partial charge is 0.726 e. The van der Waals surface area contributed by atoms with Crippen molar-refractivity contribution in [3.05, 3.63) is 59.7 Å². The summed E-state index contributed by atoms with van der Waals surface area (Å²) in [6, 6.07) is 13.6. The van der Waals surface area contributed by atoms with E-state index < -0.39 is 34.6 Å². The number of amides is 1. The molecule has 0 bridgehead atoms. The van der Waals surface area contributed by atoms with Gasteiger partial charge in [-0.3, -0.25) is 4.18 Å². The van der Waals surface area contributed by atoms with Gasteiger partial charge in [0.2, 0.25) is 10.4 Å². The predicted molar refractivity (Wildman–Crippen MR) is 99.9 cm³/mol.